The highest BCUT2D eigenvalue weighted by Crippen LogP contribution is 2.04. The van der Waals surface area contributed by atoms with Crippen LogP contribution in [-0.4, -0.2) is 21.9 Å². The molecule has 0 aliphatic heterocycles. The fourth-order valence-corrected chi connectivity index (χ4v) is 0.793. The van der Waals surface area contributed by atoms with E-state index in [2.05, 4.69) is 30.9 Å². The lowest BCUT2D eigenvalue weighted by molar-refractivity contribution is 0.350. The topological polar surface area (TPSA) is 39.9 Å². The van der Waals surface area contributed by atoms with Crippen LogP contribution in [0, 0.1) is 12.8 Å². The lowest BCUT2D eigenvalue weighted by atomic mass is 10.2. The molecule has 1 aromatic heterocycles. The summed E-state index contributed by atoms with van der Waals surface area (Å²) in [5.74, 6) is 1.63. The van der Waals surface area contributed by atoms with Crippen LogP contribution in [0.1, 0.15) is 39.9 Å². The second-order valence-corrected chi connectivity index (χ2v) is 3.76. The highest BCUT2D eigenvalue weighted by Gasteiger charge is 2.03. The van der Waals surface area contributed by atoms with Crippen LogP contribution in [0.4, 0.5) is 0 Å². The molecular weight excluding hydrogens is 190 g/mol. The molecule has 4 heteroatoms. The van der Waals surface area contributed by atoms with Crippen molar-refractivity contribution in [2.24, 2.45) is 5.92 Å². The molecule has 0 N–H and O–H groups in total. The molecule has 0 aromatic carbocycles. The minimum atomic E-state index is 0.583. The normalized spacial score (nSPS) is 9.80. The van der Waals surface area contributed by atoms with Crippen LogP contribution in [0.25, 0.3) is 0 Å². The number of aryl methyl sites for hydroxylation is 2. The van der Waals surface area contributed by atoms with Gasteiger partial charge in [-0.15, -0.1) is 0 Å². The first-order valence-electron chi connectivity index (χ1n) is 5.50. The Hall–Kier alpha value is -1.06. The highest BCUT2D eigenvalue weighted by atomic mass is 16.5. The first-order valence-corrected chi connectivity index (χ1v) is 5.50. The third-order valence-corrected chi connectivity index (χ3v) is 2.04. The zero-order valence-electron chi connectivity index (χ0n) is 10.7. The van der Waals surface area contributed by atoms with E-state index in [9.17, 15) is 0 Å². The number of nitrogens with zero attached hydrogens (tertiary/aromatic N) is 3. The van der Waals surface area contributed by atoms with Crippen molar-refractivity contribution in [2.45, 2.75) is 47.6 Å². The van der Waals surface area contributed by atoms with Gasteiger partial charge in [0, 0.05) is 6.54 Å². The van der Waals surface area contributed by atoms with Gasteiger partial charge in [0.1, 0.15) is 0 Å². The predicted molar refractivity (Wildman–Crippen MR) is 62.1 cm³/mol. The van der Waals surface area contributed by atoms with Crippen LogP contribution in [0.3, 0.4) is 0 Å². The molecule has 0 radical (unpaired) electrons. The van der Waals surface area contributed by atoms with E-state index < -0.39 is 0 Å². The smallest absolute Gasteiger partial charge is 0.314 e. The van der Waals surface area contributed by atoms with Crippen LogP contribution in [0.2, 0.25) is 0 Å². The summed E-state index contributed by atoms with van der Waals surface area (Å²) >= 11 is 0. The number of ether oxygens (including phenoxy) is 1. The summed E-state index contributed by atoms with van der Waals surface area (Å²) in [5.41, 5.74) is 0. The van der Waals surface area contributed by atoms with E-state index in [0.717, 1.165) is 18.3 Å². The average molecular weight is 213 g/mol. The molecule has 0 saturated carbocycles. The molecule has 0 saturated heterocycles. The molecule has 1 heterocycles. The van der Waals surface area contributed by atoms with E-state index in [0.29, 0.717) is 6.01 Å². The zero-order valence-corrected chi connectivity index (χ0v) is 10.7. The monoisotopic (exact) mass is 213 g/mol. The molecule has 0 atom stereocenters. The minimum Gasteiger partial charge on any atom is -0.467 e. The highest BCUT2D eigenvalue weighted by molar-refractivity contribution is 4.95. The van der Waals surface area contributed by atoms with Gasteiger partial charge in [0.2, 0.25) is 0 Å². The Morgan fingerprint density at radius 1 is 1.33 bits per heavy atom. The molecule has 0 spiro atoms. The fraction of sp³-hybridized carbons (Fsp3) is 0.818. The Bertz CT molecular complexity index is 247. The maximum atomic E-state index is 4.95. The van der Waals surface area contributed by atoms with Crippen molar-refractivity contribution in [2.75, 3.05) is 7.11 Å². The maximum absolute atomic E-state index is 4.95. The Labute approximate surface area is 92.7 Å². The molecule has 0 fully saturated rings. The standard InChI is InChI=1S/C6H11N3O.C5H12/c1-4-9-6(10-3)7-5(2)8-9;1-4-5(2)3/h4H2,1-3H3;5H,4H2,1-3H3. The Morgan fingerprint density at radius 3 is 2.13 bits per heavy atom. The first kappa shape index (κ1) is 13.9. The van der Waals surface area contributed by atoms with Gasteiger partial charge in [-0.25, -0.2) is 4.68 Å². The molecule has 0 aliphatic carbocycles. The van der Waals surface area contributed by atoms with Crippen molar-refractivity contribution in [1.82, 2.24) is 14.8 Å². The van der Waals surface area contributed by atoms with Gasteiger partial charge in [-0.1, -0.05) is 27.2 Å². The van der Waals surface area contributed by atoms with Crippen molar-refractivity contribution >= 4 is 0 Å². The second-order valence-electron chi connectivity index (χ2n) is 3.76. The maximum Gasteiger partial charge on any atom is 0.314 e. The molecule has 0 unspecified atom stereocenters. The van der Waals surface area contributed by atoms with Gasteiger partial charge in [0.15, 0.2) is 5.82 Å². The van der Waals surface area contributed by atoms with Gasteiger partial charge in [0.25, 0.3) is 0 Å². The Kier molecular flexibility index (Phi) is 6.75. The number of hydrogen-bond donors (Lipinski definition) is 0. The van der Waals surface area contributed by atoms with Crippen LogP contribution >= 0.6 is 0 Å². The molecule has 1 rings (SSSR count). The molecular formula is C11H23N3O. The summed E-state index contributed by atoms with van der Waals surface area (Å²) in [6.45, 7) is 11.3. The van der Waals surface area contributed by atoms with Crippen molar-refractivity contribution in [1.29, 1.82) is 0 Å². The summed E-state index contributed by atoms with van der Waals surface area (Å²) in [6.07, 6.45) is 1.31. The first-order chi connectivity index (χ1) is 7.04. The zero-order chi connectivity index (χ0) is 11.8. The van der Waals surface area contributed by atoms with E-state index in [1.54, 1.807) is 11.8 Å². The number of methoxy groups -OCH3 is 1. The van der Waals surface area contributed by atoms with Gasteiger partial charge in [-0.05, 0) is 19.8 Å². The van der Waals surface area contributed by atoms with Crippen molar-refractivity contribution in [3.8, 4) is 6.01 Å². The van der Waals surface area contributed by atoms with Crippen LogP contribution < -0.4 is 4.74 Å². The van der Waals surface area contributed by atoms with Crippen molar-refractivity contribution in [3.05, 3.63) is 5.82 Å². The van der Waals surface area contributed by atoms with E-state index in [1.165, 1.54) is 6.42 Å². The summed E-state index contributed by atoms with van der Waals surface area (Å²) in [7, 11) is 1.59. The van der Waals surface area contributed by atoms with E-state index in [-0.39, 0.29) is 0 Å². The van der Waals surface area contributed by atoms with Crippen LogP contribution in [-0.2, 0) is 6.54 Å². The molecule has 4 nitrogen and oxygen atoms in total. The fourth-order valence-electron chi connectivity index (χ4n) is 0.793. The SMILES string of the molecule is CCC(C)C.CCn1nc(C)nc1OC. The van der Waals surface area contributed by atoms with E-state index in [4.69, 9.17) is 4.74 Å². The molecule has 15 heavy (non-hydrogen) atoms. The van der Waals surface area contributed by atoms with Crippen molar-refractivity contribution in [3.63, 3.8) is 0 Å². The largest absolute Gasteiger partial charge is 0.467 e. The van der Waals surface area contributed by atoms with Gasteiger partial charge in [-0.3, -0.25) is 0 Å². The summed E-state index contributed by atoms with van der Waals surface area (Å²) in [4.78, 5) is 4.03. The quantitative estimate of drug-likeness (QED) is 0.775. The van der Waals surface area contributed by atoms with Gasteiger partial charge in [0.05, 0.1) is 7.11 Å². The minimum absolute atomic E-state index is 0.583. The predicted octanol–water partition coefficient (Wildman–Crippen LogP) is 2.67. The van der Waals surface area contributed by atoms with Crippen LogP contribution in [0.15, 0.2) is 0 Å². The van der Waals surface area contributed by atoms with Crippen molar-refractivity contribution < 1.29 is 4.74 Å². The summed E-state index contributed by atoms with van der Waals surface area (Å²) < 4.78 is 6.66. The molecule has 0 amide bonds. The molecule has 0 bridgehead atoms. The van der Waals surface area contributed by atoms with Gasteiger partial charge >= 0.3 is 6.01 Å². The number of rotatable bonds is 3. The van der Waals surface area contributed by atoms with Gasteiger partial charge < -0.3 is 4.74 Å². The molecule has 1 aromatic rings. The number of hydrogen-bond acceptors (Lipinski definition) is 3. The third-order valence-electron chi connectivity index (χ3n) is 2.04. The summed E-state index contributed by atoms with van der Waals surface area (Å²) in [6, 6.07) is 0.583. The lowest BCUT2D eigenvalue weighted by Gasteiger charge is -1.97. The third kappa shape index (κ3) is 5.40. The van der Waals surface area contributed by atoms with E-state index >= 15 is 0 Å². The van der Waals surface area contributed by atoms with E-state index in [1.807, 2.05) is 13.8 Å². The molecule has 0 aliphatic rings. The molecule has 88 valence electrons. The van der Waals surface area contributed by atoms with Crippen LogP contribution in [0.5, 0.6) is 6.01 Å². The lowest BCUT2D eigenvalue weighted by Crippen LogP contribution is -1.99. The Balaban J connectivity index is 0.000000336. The number of aromatic nitrogens is 3. The summed E-state index contributed by atoms with van der Waals surface area (Å²) in [5, 5.41) is 4.08. The van der Waals surface area contributed by atoms with Gasteiger partial charge in [-0.2, -0.15) is 10.1 Å². The average Bonchev–Trinajstić information content (AvgIpc) is 2.59. The Morgan fingerprint density at radius 2 is 1.87 bits per heavy atom. The second kappa shape index (κ2) is 7.26.